The molecule has 226 valence electrons. The molecule has 0 N–H and O–H groups in total. The van der Waals surface area contributed by atoms with E-state index in [4.69, 9.17) is 0 Å². The molecule has 0 bridgehead atoms. The summed E-state index contributed by atoms with van der Waals surface area (Å²) in [6.07, 6.45) is 5.03. The molecule has 0 aliphatic heterocycles. The Hall–Kier alpha value is -4.88. The van der Waals surface area contributed by atoms with Crippen molar-refractivity contribution in [1.29, 1.82) is 0 Å². The molecule has 8 rings (SSSR count). The molecule has 0 aromatic heterocycles. The maximum absolute atomic E-state index is 2.53. The fraction of sp³-hybridized carbons (Fsp3) is 0.200. The van der Waals surface area contributed by atoms with Crippen LogP contribution in [0.2, 0.25) is 0 Å². The van der Waals surface area contributed by atoms with Crippen molar-refractivity contribution in [2.45, 2.75) is 57.3 Å². The number of nitrogens with zero attached hydrogens (tertiary/aromatic N) is 1. The molecule has 0 radical (unpaired) electrons. The van der Waals surface area contributed by atoms with E-state index < -0.39 is 0 Å². The first-order chi connectivity index (χ1) is 22.4. The topological polar surface area (TPSA) is 3.24 Å². The third-order valence-electron chi connectivity index (χ3n) is 10.4. The monoisotopic (exact) mass is 595 g/mol. The Bertz CT molecular complexity index is 2010. The van der Waals surface area contributed by atoms with Gasteiger partial charge in [0.25, 0.3) is 0 Å². The van der Waals surface area contributed by atoms with Gasteiger partial charge in [-0.2, -0.15) is 0 Å². The van der Waals surface area contributed by atoms with Crippen LogP contribution in [-0.2, 0) is 10.8 Å². The Morgan fingerprint density at radius 2 is 1.02 bits per heavy atom. The SMILES string of the molecule is CC(C)(C)c1cc(-c2ccccc2)ccc1N(c1ccc(-c2ccccc2)cc1)c1ccc2c(c1)C1(CCCC1)c1ccccc1-2. The molecular weight excluding hydrogens is 555 g/mol. The van der Waals surface area contributed by atoms with E-state index in [1.165, 1.54) is 92.8 Å². The zero-order valence-corrected chi connectivity index (χ0v) is 27.1. The first kappa shape index (κ1) is 28.6. The number of hydrogen-bond acceptors (Lipinski definition) is 1. The van der Waals surface area contributed by atoms with Gasteiger partial charge in [0.2, 0.25) is 0 Å². The zero-order chi connectivity index (χ0) is 31.3. The molecule has 2 aliphatic carbocycles. The predicted molar refractivity (Wildman–Crippen MR) is 195 cm³/mol. The third kappa shape index (κ3) is 4.77. The quantitative estimate of drug-likeness (QED) is 0.192. The van der Waals surface area contributed by atoms with Crippen LogP contribution in [0.15, 0.2) is 146 Å². The van der Waals surface area contributed by atoms with Crippen LogP contribution in [0.5, 0.6) is 0 Å². The predicted octanol–water partition coefficient (Wildman–Crippen LogP) is 12.6. The maximum atomic E-state index is 2.53. The van der Waals surface area contributed by atoms with Gasteiger partial charge in [0, 0.05) is 22.5 Å². The lowest BCUT2D eigenvalue weighted by Gasteiger charge is -2.34. The van der Waals surface area contributed by atoms with Crippen molar-refractivity contribution < 1.29 is 0 Å². The van der Waals surface area contributed by atoms with Crippen molar-refractivity contribution in [3.8, 4) is 33.4 Å². The van der Waals surface area contributed by atoms with Crippen molar-refractivity contribution in [2.75, 3.05) is 4.90 Å². The van der Waals surface area contributed by atoms with Crippen molar-refractivity contribution in [3.63, 3.8) is 0 Å². The highest BCUT2D eigenvalue weighted by molar-refractivity contribution is 5.87. The van der Waals surface area contributed by atoms with E-state index in [-0.39, 0.29) is 10.8 Å². The number of hydrogen-bond donors (Lipinski definition) is 0. The molecule has 1 saturated carbocycles. The Kier molecular flexibility index (Phi) is 6.94. The van der Waals surface area contributed by atoms with Gasteiger partial charge in [-0.1, -0.05) is 143 Å². The van der Waals surface area contributed by atoms with Crippen LogP contribution in [0.4, 0.5) is 17.1 Å². The molecule has 0 saturated heterocycles. The highest BCUT2D eigenvalue weighted by atomic mass is 15.1. The number of fused-ring (bicyclic) bond motifs is 5. The number of benzene rings is 6. The standard InChI is InChI=1S/C45H41N/c1-44(2,3)42-30-35(33-16-8-5-9-17-33)22-27-43(42)46(36-23-20-34(21-24-36)32-14-6-4-7-15-32)37-25-26-39-38-18-10-11-19-40(38)45(41(39)31-37)28-12-13-29-45/h4-11,14-27,30-31H,12-13,28-29H2,1-3H3. The average Bonchev–Trinajstić information content (AvgIpc) is 3.70. The molecule has 0 atom stereocenters. The highest BCUT2D eigenvalue weighted by Crippen LogP contribution is 2.58. The number of anilines is 3. The zero-order valence-electron chi connectivity index (χ0n) is 27.1. The van der Waals surface area contributed by atoms with Crippen molar-refractivity contribution in [3.05, 3.63) is 162 Å². The summed E-state index contributed by atoms with van der Waals surface area (Å²) in [4.78, 5) is 2.51. The second-order valence-electron chi connectivity index (χ2n) is 14.2. The van der Waals surface area contributed by atoms with E-state index in [1.54, 1.807) is 0 Å². The summed E-state index contributed by atoms with van der Waals surface area (Å²) in [5.74, 6) is 0. The minimum absolute atomic E-state index is 0.0675. The lowest BCUT2D eigenvalue weighted by atomic mass is 9.76. The Balaban J connectivity index is 1.33. The van der Waals surface area contributed by atoms with E-state index in [1.807, 2.05) is 0 Å². The van der Waals surface area contributed by atoms with Gasteiger partial charge in [0.1, 0.15) is 0 Å². The fourth-order valence-corrected chi connectivity index (χ4v) is 8.10. The van der Waals surface area contributed by atoms with Crippen LogP contribution in [0, 0.1) is 0 Å². The Morgan fingerprint density at radius 3 is 1.70 bits per heavy atom. The molecule has 6 aromatic carbocycles. The summed E-state index contributed by atoms with van der Waals surface area (Å²) in [5.41, 5.74) is 15.9. The molecule has 0 unspecified atom stereocenters. The third-order valence-corrected chi connectivity index (χ3v) is 10.4. The van der Waals surface area contributed by atoms with E-state index in [9.17, 15) is 0 Å². The van der Waals surface area contributed by atoms with Crippen molar-refractivity contribution >= 4 is 17.1 Å². The summed E-state index contributed by atoms with van der Waals surface area (Å²) in [7, 11) is 0. The summed E-state index contributed by atoms with van der Waals surface area (Å²) in [6.45, 7) is 7.01. The van der Waals surface area contributed by atoms with Gasteiger partial charge in [0.05, 0.1) is 0 Å². The van der Waals surface area contributed by atoms with Crippen molar-refractivity contribution in [2.24, 2.45) is 0 Å². The molecule has 6 aromatic rings. The van der Waals surface area contributed by atoms with Crippen LogP contribution in [0.25, 0.3) is 33.4 Å². The Morgan fingerprint density at radius 1 is 0.478 bits per heavy atom. The normalized spacial score (nSPS) is 14.7. The molecule has 1 spiro atoms. The second-order valence-corrected chi connectivity index (χ2v) is 14.2. The highest BCUT2D eigenvalue weighted by Gasteiger charge is 2.45. The van der Waals surface area contributed by atoms with Gasteiger partial charge < -0.3 is 4.90 Å². The second kappa shape index (κ2) is 11.2. The van der Waals surface area contributed by atoms with Gasteiger partial charge >= 0.3 is 0 Å². The van der Waals surface area contributed by atoms with Crippen molar-refractivity contribution in [1.82, 2.24) is 0 Å². The largest absolute Gasteiger partial charge is 0.310 e. The van der Waals surface area contributed by atoms with Gasteiger partial charge in [-0.3, -0.25) is 0 Å². The summed E-state index contributed by atoms with van der Waals surface area (Å²) >= 11 is 0. The summed E-state index contributed by atoms with van der Waals surface area (Å²) in [5, 5.41) is 0. The summed E-state index contributed by atoms with van der Waals surface area (Å²) < 4.78 is 0. The smallest absolute Gasteiger partial charge is 0.0499 e. The van der Waals surface area contributed by atoms with Gasteiger partial charge in [-0.15, -0.1) is 0 Å². The van der Waals surface area contributed by atoms with Gasteiger partial charge in [-0.05, 0) is 105 Å². The molecule has 2 aliphatic rings. The molecule has 0 heterocycles. The first-order valence-corrected chi connectivity index (χ1v) is 16.8. The van der Waals surface area contributed by atoms with Crippen LogP contribution in [0.3, 0.4) is 0 Å². The lowest BCUT2D eigenvalue weighted by Crippen LogP contribution is -2.22. The van der Waals surface area contributed by atoms with Gasteiger partial charge in [-0.25, -0.2) is 0 Å². The van der Waals surface area contributed by atoms with E-state index in [0.717, 1.165) is 0 Å². The van der Waals surface area contributed by atoms with Crippen LogP contribution in [0.1, 0.15) is 63.1 Å². The molecule has 0 amide bonds. The first-order valence-electron chi connectivity index (χ1n) is 16.8. The molecular formula is C45H41N. The van der Waals surface area contributed by atoms with E-state index in [0.29, 0.717) is 0 Å². The van der Waals surface area contributed by atoms with Gasteiger partial charge in [0.15, 0.2) is 0 Å². The lowest BCUT2D eigenvalue weighted by molar-refractivity contribution is 0.550. The number of rotatable bonds is 5. The molecule has 1 nitrogen and oxygen atoms in total. The Labute approximate surface area is 274 Å². The average molecular weight is 596 g/mol. The van der Waals surface area contributed by atoms with Crippen LogP contribution >= 0.6 is 0 Å². The van der Waals surface area contributed by atoms with E-state index >= 15 is 0 Å². The molecule has 1 fully saturated rings. The minimum atomic E-state index is -0.0675. The van der Waals surface area contributed by atoms with Crippen LogP contribution < -0.4 is 4.90 Å². The van der Waals surface area contributed by atoms with E-state index in [2.05, 4.69) is 171 Å². The molecule has 46 heavy (non-hydrogen) atoms. The minimum Gasteiger partial charge on any atom is -0.310 e. The molecule has 1 heteroatoms. The fourth-order valence-electron chi connectivity index (χ4n) is 8.10. The van der Waals surface area contributed by atoms with Crippen LogP contribution in [-0.4, -0.2) is 0 Å². The summed E-state index contributed by atoms with van der Waals surface area (Å²) in [6, 6.07) is 54.1. The maximum Gasteiger partial charge on any atom is 0.0499 e.